The third kappa shape index (κ3) is 4.45. The molecule has 0 bridgehead atoms. The van der Waals surface area contributed by atoms with Gasteiger partial charge in [-0.25, -0.2) is 4.98 Å². The Labute approximate surface area is 162 Å². The highest BCUT2D eigenvalue weighted by molar-refractivity contribution is 8.02. The Kier molecular flexibility index (Phi) is 5.98. The number of thiazole rings is 1. The zero-order valence-corrected chi connectivity index (χ0v) is 16.6. The van der Waals surface area contributed by atoms with E-state index in [1.54, 1.807) is 16.2 Å². The molecule has 0 aliphatic carbocycles. The zero-order valence-electron chi connectivity index (χ0n) is 15.0. The van der Waals surface area contributed by atoms with Crippen LogP contribution in [0.2, 0.25) is 0 Å². The Hall–Kier alpha value is -1.86. The molecule has 2 amide bonds. The molecule has 2 heterocycles. The summed E-state index contributed by atoms with van der Waals surface area (Å²) in [5.41, 5.74) is 8.64. The van der Waals surface area contributed by atoms with Crippen molar-refractivity contribution in [3.05, 3.63) is 35.2 Å². The van der Waals surface area contributed by atoms with Gasteiger partial charge in [0.1, 0.15) is 0 Å². The smallest absolute Gasteiger partial charge is 0.235 e. The first-order valence-electron chi connectivity index (χ1n) is 8.71. The van der Waals surface area contributed by atoms with E-state index in [2.05, 4.69) is 36.2 Å². The molecule has 3 rings (SSSR count). The van der Waals surface area contributed by atoms with Crippen LogP contribution in [-0.4, -0.2) is 40.0 Å². The highest BCUT2D eigenvalue weighted by atomic mass is 32.2. The molecule has 1 fully saturated rings. The number of carbonyl (C=O) groups is 2. The SMILES string of the molecule is Cc1ccc(-c2csc(S[C@H](C)C(=O)N3CCC[C@H](C(N)=O)C3)n2)cc1. The summed E-state index contributed by atoms with van der Waals surface area (Å²) in [6.45, 7) is 5.09. The minimum atomic E-state index is -0.314. The van der Waals surface area contributed by atoms with Gasteiger partial charge in [-0.3, -0.25) is 9.59 Å². The van der Waals surface area contributed by atoms with E-state index in [1.807, 2.05) is 12.3 Å². The van der Waals surface area contributed by atoms with Gasteiger partial charge in [0.2, 0.25) is 11.8 Å². The molecule has 1 saturated heterocycles. The summed E-state index contributed by atoms with van der Waals surface area (Å²) in [7, 11) is 0. The lowest BCUT2D eigenvalue weighted by molar-refractivity contribution is -0.134. The number of hydrogen-bond donors (Lipinski definition) is 1. The second-order valence-corrected chi connectivity index (χ2v) is 9.10. The lowest BCUT2D eigenvalue weighted by Gasteiger charge is -2.32. The van der Waals surface area contributed by atoms with Crippen LogP contribution in [0.25, 0.3) is 11.3 Å². The van der Waals surface area contributed by atoms with Gasteiger partial charge in [-0.2, -0.15) is 0 Å². The number of aryl methyl sites for hydroxylation is 1. The van der Waals surface area contributed by atoms with Crippen LogP contribution in [0.1, 0.15) is 25.3 Å². The van der Waals surface area contributed by atoms with Crippen molar-refractivity contribution in [2.75, 3.05) is 13.1 Å². The van der Waals surface area contributed by atoms with Gasteiger partial charge in [0.15, 0.2) is 4.34 Å². The molecule has 1 aliphatic heterocycles. The molecule has 0 saturated carbocycles. The number of hydrogen-bond acceptors (Lipinski definition) is 5. The number of primary amides is 1. The van der Waals surface area contributed by atoms with Gasteiger partial charge in [0.05, 0.1) is 16.9 Å². The molecule has 5 nitrogen and oxygen atoms in total. The van der Waals surface area contributed by atoms with Gasteiger partial charge in [-0.05, 0) is 26.7 Å². The first-order chi connectivity index (χ1) is 12.4. The van der Waals surface area contributed by atoms with Crippen molar-refractivity contribution in [3.63, 3.8) is 0 Å². The first-order valence-corrected chi connectivity index (χ1v) is 10.5. The van der Waals surface area contributed by atoms with Crippen LogP contribution in [0.3, 0.4) is 0 Å². The van der Waals surface area contributed by atoms with Crippen molar-refractivity contribution in [1.29, 1.82) is 0 Å². The predicted octanol–water partition coefficient (Wildman–Crippen LogP) is 3.32. The Bertz CT molecular complexity index is 788. The molecule has 0 radical (unpaired) electrons. The maximum absolute atomic E-state index is 12.7. The van der Waals surface area contributed by atoms with E-state index < -0.39 is 0 Å². The van der Waals surface area contributed by atoms with E-state index in [0.29, 0.717) is 13.1 Å². The normalized spacial score (nSPS) is 18.5. The number of nitrogens with zero attached hydrogens (tertiary/aromatic N) is 2. The number of benzene rings is 1. The van der Waals surface area contributed by atoms with Crippen LogP contribution in [0, 0.1) is 12.8 Å². The minimum absolute atomic E-state index is 0.0491. The quantitative estimate of drug-likeness (QED) is 0.796. The average Bonchev–Trinajstić information content (AvgIpc) is 3.10. The second-order valence-electron chi connectivity index (χ2n) is 6.65. The van der Waals surface area contributed by atoms with Crippen molar-refractivity contribution in [2.24, 2.45) is 11.7 Å². The van der Waals surface area contributed by atoms with Crippen molar-refractivity contribution in [2.45, 2.75) is 36.3 Å². The van der Waals surface area contributed by atoms with Crippen LogP contribution >= 0.6 is 23.1 Å². The van der Waals surface area contributed by atoms with Crippen LogP contribution in [-0.2, 0) is 9.59 Å². The Morgan fingerprint density at radius 3 is 2.77 bits per heavy atom. The zero-order chi connectivity index (χ0) is 18.7. The summed E-state index contributed by atoms with van der Waals surface area (Å²) in [5.74, 6) is -0.489. The van der Waals surface area contributed by atoms with Gasteiger partial charge in [0.25, 0.3) is 0 Å². The molecule has 0 unspecified atom stereocenters. The summed E-state index contributed by atoms with van der Waals surface area (Å²) in [5, 5.41) is 1.78. The highest BCUT2D eigenvalue weighted by Gasteiger charge is 2.30. The lowest BCUT2D eigenvalue weighted by Crippen LogP contribution is -2.46. The van der Waals surface area contributed by atoms with Crippen LogP contribution in [0.5, 0.6) is 0 Å². The summed E-state index contributed by atoms with van der Waals surface area (Å²) in [4.78, 5) is 30.6. The molecule has 0 spiro atoms. The maximum Gasteiger partial charge on any atom is 0.235 e. The van der Waals surface area contributed by atoms with E-state index in [9.17, 15) is 9.59 Å². The lowest BCUT2D eigenvalue weighted by atomic mass is 9.97. The first kappa shape index (κ1) is 18.9. The number of amides is 2. The third-order valence-electron chi connectivity index (χ3n) is 4.59. The largest absolute Gasteiger partial charge is 0.369 e. The van der Waals surface area contributed by atoms with E-state index >= 15 is 0 Å². The fraction of sp³-hybridized carbons (Fsp3) is 0.421. The van der Waals surface area contributed by atoms with Crippen molar-refractivity contribution >= 4 is 34.9 Å². The number of nitrogens with two attached hydrogens (primary N) is 1. The predicted molar refractivity (Wildman–Crippen MR) is 106 cm³/mol. The Balaban J connectivity index is 1.62. The summed E-state index contributed by atoms with van der Waals surface area (Å²) in [6, 6.07) is 8.26. The van der Waals surface area contributed by atoms with Gasteiger partial charge in [-0.1, -0.05) is 41.6 Å². The minimum Gasteiger partial charge on any atom is -0.369 e. The molecule has 2 aromatic rings. The molecule has 1 aliphatic rings. The number of aromatic nitrogens is 1. The molecule has 7 heteroatoms. The van der Waals surface area contributed by atoms with Crippen LogP contribution in [0.15, 0.2) is 34.0 Å². The topological polar surface area (TPSA) is 76.3 Å². The summed E-state index contributed by atoms with van der Waals surface area (Å²) < 4.78 is 0.880. The Morgan fingerprint density at radius 1 is 1.35 bits per heavy atom. The number of thioether (sulfide) groups is 1. The van der Waals surface area contributed by atoms with E-state index in [0.717, 1.165) is 28.4 Å². The van der Waals surface area contributed by atoms with Crippen LogP contribution in [0.4, 0.5) is 0 Å². The van der Waals surface area contributed by atoms with E-state index in [1.165, 1.54) is 17.3 Å². The number of rotatable bonds is 5. The number of carbonyl (C=O) groups excluding carboxylic acids is 2. The molecular weight excluding hydrogens is 366 g/mol. The van der Waals surface area contributed by atoms with E-state index in [-0.39, 0.29) is 23.0 Å². The maximum atomic E-state index is 12.7. The standard InChI is InChI=1S/C19H23N3O2S2/c1-12-5-7-14(8-6-12)16-11-25-19(21-16)26-13(2)18(24)22-9-3-4-15(10-22)17(20)23/h5-8,11,13,15H,3-4,9-10H2,1-2H3,(H2,20,23)/t13-,15+/m1/s1. The third-order valence-corrected chi connectivity index (χ3v) is 6.65. The fourth-order valence-corrected chi connectivity index (χ4v) is 5.09. The van der Waals surface area contributed by atoms with Gasteiger partial charge >= 0.3 is 0 Å². The number of piperidine rings is 1. The summed E-state index contributed by atoms with van der Waals surface area (Å²) in [6.07, 6.45) is 1.60. The van der Waals surface area contributed by atoms with Crippen LogP contribution < -0.4 is 5.73 Å². The highest BCUT2D eigenvalue weighted by Crippen LogP contribution is 2.32. The monoisotopic (exact) mass is 389 g/mol. The van der Waals surface area contributed by atoms with E-state index in [4.69, 9.17) is 5.73 Å². The molecule has 2 N–H and O–H groups in total. The molecular formula is C19H23N3O2S2. The van der Waals surface area contributed by atoms with Gasteiger partial charge in [-0.15, -0.1) is 11.3 Å². The average molecular weight is 390 g/mol. The van der Waals surface area contributed by atoms with Crippen molar-refractivity contribution in [1.82, 2.24) is 9.88 Å². The molecule has 26 heavy (non-hydrogen) atoms. The van der Waals surface area contributed by atoms with Gasteiger partial charge < -0.3 is 10.6 Å². The fourth-order valence-electron chi connectivity index (χ4n) is 3.04. The molecule has 1 aromatic carbocycles. The summed E-state index contributed by atoms with van der Waals surface area (Å²) >= 11 is 3.03. The number of likely N-dealkylation sites (tertiary alicyclic amines) is 1. The second kappa shape index (κ2) is 8.22. The van der Waals surface area contributed by atoms with Gasteiger partial charge in [0, 0.05) is 24.0 Å². The van der Waals surface area contributed by atoms with Crippen molar-refractivity contribution in [3.8, 4) is 11.3 Å². The molecule has 2 atom stereocenters. The molecule has 138 valence electrons. The molecule has 1 aromatic heterocycles. The van der Waals surface area contributed by atoms with Crippen molar-refractivity contribution < 1.29 is 9.59 Å². The Morgan fingerprint density at radius 2 is 2.08 bits per heavy atom.